The van der Waals surface area contributed by atoms with Gasteiger partial charge in [0.2, 0.25) is 5.95 Å². The number of pyridine rings is 1. The van der Waals surface area contributed by atoms with Gasteiger partial charge in [0, 0.05) is 20.4 Å². The largest absolute Gasteiger partial charge is 0.228 e. The van der Waals surface area contributed by atoms with Crippen LogP contribution in [0, 0.1) is 9.52 Å². The van der Waals surface area contributed by atoms with Crippen molar-refractivity contribution < 1.29 is 4.39 Å². The van der Waals surface area contributed by atoms with E-state index in [1.54, 1.807) is 24.3 Å². The fraction of sp³-hybridized carbons (Fsp3) is 0. The van der Waals surface area contributed by atoms with E-state index in [9.17, 15) is 4.39 Å². The van der Waals surface area contributed by atoms with Crippen LogP contribution in [0.5, 0.6) is 0 Å². The third kappa shape index (κ3) is 2.31. The molecule has 0 radical (unpaired) electrons. The third-order valence-electron chi connectivity index (χ3n) is 2.05. The molecule has 5 heteroatoms. The van der Waals surface area contributed by atoms with E-state index in [1.807, 2.05) is 22.6 Å². The summed E-state index contributed by atoms with van der Waals surface area (Å²) in [4.78, 5) is 3.62. The molecule has 1 nitrogen and oxygen atoms in total. The fourth-order valence-electron chi connectivity index (χ4n) is 1.35. The van der Waals surface area contributed by atoms with E-state index in [0.29, 0.717) is 21.2 Å². The van der Waals surface area contributed by atoms with Crippen molar-refractivity contribution in [2.75, 3.05) is 0 Å². The zero-order valence-corrected chi connectivity index (χ0v) is 11.5. The molecule has 0 aliphatic heterocycles. The zero-order chi connectivity index (χ0) is 11.7. The molecule has 82 valence electrons. The van der Waals surface area contributed by atoms with Crippen molar-refractivity contribution in [2.45, 2.75) is 0 Å². The van der Waals surface area contributed by atoms with Gasteiger partial charge < -0.3 is 0 Å². The van der Waals surface area contributed by atoms with Crippen LogP contribution in [-0.2, 0) is 0 Å². The first-order valence-corrected chi connectivity index (χ1v) is 6.18. The van der Waals surface area contributed by atoms with Crippen LogP contribution in [0.3, 0.4) is 0 Å². The van der Waals surface area contributed by atoms with E-state index in [2.05, 4.69) is 4.98 Å². The summed E-state index contributed by atoms with van der Waals surface area (Å²) < 4.78 is 14.4. The number of hydrogen-bond donors (Lipinski definition) is 0. The molecule has 0 aliphatic carbocycles. The van der Waals surface area contributed by atoms with Gasteiger partial charge in [-0.25, -0.2) is 4.98 Å². The van der Waals surface area contributed by atoms with Crippen molar-refractivity contribution in [1.29, 1.82) is 0 Å². The lowest BCUT2D eigenvalue weighted by Crippen LogP contribution is -1.92. The number of nitrogens with zero attached hydrogens (tertiary/aromatic N) is 1. The van der Waals surface area contributed by atoms with E-state index in [0.717, 1.165) is 3.57 Å². The number of hydrogen-bond acceptors (Lipinski definition) is 1. The topological polar surface area (TPSA) is 12.9 Å². The third-order valence-corrected chi connectivity index (χ3v) is 3.50. The number of aromatic nitrogens is 1. The average molecular weight is 368 g/mol. The molecular weight excluding hydrogens is 363 g/mol. The Morgan fingerprint density at radius 3 is 2.56 bits per heavy atom. The minimum Gasteiger partial charge on any atom is -0.228 e. The van der Waals surface area contributed by atoms with Crippen molar-refractivity contribution >= 4 is 45.8 Å². The minimum absolute atomic E-state index is 0.407. The summed E-state index contributed by atoms with van der Waals surface area (Å²) in [6.45, 7) is 0. The second kappa shape index (κ2) is 4.85. The molecule has 0 spiro atoms. The zero-order valence-electron chi connectivity index (χ0n) is 7.85. The number of rotatable bonds is 1. The Bertz CT molecular complexity index is 525. The first-order chi connectivity index (χ1) is 7.59. The minimum atomic E-state index is -0.531. The molecule has 0 unspecified atom stereocenters. The predicted octanol–water partition coefficient (Wildman–Crippen LogP) is 4.80. The van der Waals surface area contributed by atoms with Crippen LogP contribution in [0.2, 0.25) is 10.0 Å². The van der Waals surface area contributed by atoms with Crippen molar-refractivity contribution in [2.24, 2.45) is 0 Å². The van der Waals surface area contributed by atoms with Gasteiger partial charge >= 0.3 is 0 Å². The molecule has 0 amide bonds. The standard InChI is InChI=1S/C11H5Cl2FIN/c12-6-1-2-7(8(13)5-6)10-9(15)3-4-16-11(10)14/h1-5H. The summed E-state index contributed by atoms with van der Waals surface area (Å²) in [5.74, 6) is -0.531. The van der Waals surface area contributed by atoms with E-state index >= 15 is 0 Å². The molecule has 0 aliphatic rings. The highest BCUT2D eigenvalue weighted by Crippen LogP contribution is 2.34. The van der Waals surface area contributed by atoms with Crippen LogP contribution in [0.25, 0.3) is 11.1 Å². The second-order valence-electron chi connectivity index (χ2n) is 3.08. The Morgan fingerprint density at radius 2 is 1.94 bits per heavy atom. The summed E-state index contributed by atoms with van der Waals surface area (Å²) >= 11 is 13.9. The summed E-state index contributed by atoms with van der Waals surface area (Å²) in [5, 5.41) is 0.936. The molecule has 1 heterocycles. The van der Waals surface area contributed by atoms with Gasteiger partial charge in [0.25, 0.3) is 0 Å². The maximum absolute atomic E-state index is 13.6. The van der Waals surface area contributed by atoms with Crippen molar-refractivity contribution in [3.8, 4) is 11.1 Å². The van der Waals surface area contributed by atoms with E-state index in [-0.39, 0.29) is 0 Å². The van der Waals surface area contributed by atoms with Crippen LogP contribution < -0.4 is 0 Å². The molecule has 0 N–H and O–H groups in total. The monoisotopic (exact) mass is 367 g/mol. The van der Waals surface area contributed by atoms with Crippen LogP contribution in [0.1, 0.15) is 0 Å². The van der Waals surface area contributed by atoms with Gasteiger partial charge in [0.1, 0.15) is 0 Å². The molecule has 0 saturated heterocycles. The quantitative estimate of drug-likeness (QED) is 0.521. The molecule has 0 saturated carbocycles. The first-order valence-electron chi connectivity index (χ1n) is 4.35. The predicted molar refractivity (Wildman–Crippen MR) is 72.4 cm³/mol. The van der Waals surface area contributed by atoms with Crippen LogP contribution in [-0.4, -0.2) is 4.98 Å². The molecule has 1 aromatic carbocycles. The maximum atomic E-state index is 13.6. The SMILES string of the molecule is Fc1nccc(I)c1-c1ccc(Cl)cc1Cl. The average Bonchev–Trinajstić information content (AvgIpc) is 2.20. The maximum Gasteiger partial charge on any atom is 0.221 e. The highest BCUT2D eigenvalue weighted by atomic mass is 127. The van der Waals surface area contributed by atoms with E-state index in [4.69, 9.17) is 23.2 Å². The first kappa shape index (κ1) is 12.1. The Balaban J connectivity index is 2.68. The molecule has 0 bridgehead atoms. The molecule has 2 aromatic rings. The Labute approximate surface area is 116 Å². The van der Waals surface area contributed by atoms with Crippen molar-refractivity contribution in [1.82, 2.24) is 4.98 Å². The van der Waals surface area contributed by atoms with Gasteiger partial charge in [-0.3, -0.25) is 0 Å². The summed E-state index contributed by atoms with van der Waals surface area (Å²) in [6, 6.07) is 6.67. The van der Waals surface area contributed by atoms with Crippen LogP contribution in [0.4, 0.5) is 4.39 Å². The van der Waals surface area contributed by atoms with Gasteiger partial charge in [-0.1, -0.05) is 29.3 Å². The smallest absolute Gasteiger partial charge is 0.221 e. The van der Waals surface area contributed by atoms with Crippen molar-refractivity contribution in [3.05, 3.63) is 50.0 Å². The highest BCUT2D eigenvalue weighted by Gasteiger charge is 2.13. The number of halogens is 4. The summed E-state index contributed by atoms with van der Waals surface area (Å²) in [7, 11) is 0. The molecule has 0 atom stereocenters. The second-order valence-corrected chi connectivity index (χ2v) is 5.09. The van der Waals surface area contributed by atoms with Crippen LogP contribution >= 0.6 is 45.8 Å². The fourth-order valence-corrected chi connectivity index (χ4v) is 2.52. The van der Waals surface area contributed by atoms with E-state index in [1.165, 1.54) is 6.20 Å². The number of benzene rings is 1. The lowest BCUT2D eigenvalue weighted by molar-refractivity contribution is 0.586. The Hall–Kier alpha value is -0.390. The molecule has 2 rings (SSSR count). The summed E-state index contributed by atoms with van der Waals surface area (Å²) in [5.41, 5.74) is 1.01. The van der Waals surface area contributed by atoms with Crippen molar-refractivity contribution in [3.63, 3.8) is 0 Å². The lowest BCUT2D eigenvalue weighted by atomic mass is 10.1. The molecule has 1 aromatic heterocycles. The van der Waals surface area contributed by atoms with Crippen LogP contribution in [0.15, 0.2) is 30.5 Å². The normalized spacial score (nSPS) is 10.5. The molecule has 0 fully saturated rings. The van der Waals surface area contributed by atoms with Gasteiger partial charge in [0.05, 0.1) is 10.6 Å². The van der Waals surface area contributed by atoms with E-state index < -0.39 is 5.95 Å². The molecule has 16 heavy (non-hydrogen) atoms. The molecular formula is C11H5Cl2FIN. The van der Waals surface area contributed by atoms with Gasteiger partial charge in [0.15, 0.2) is 0 Å². The Morgan fingerprint density at radius 1 is 1.19 bits per heavy atom. The summed E-state index contributed by atoms with van der Waals surface area (Å²) in [6.07, 6.45) is 1.42. The lowest BCUT2D eigenvalue weighted by Gasteiger charge is -2.07. The Kier molecular flexibility index (Phi) is 3.66. The van der Waals surface area contributed by atoms with Gasteiger partial charge in [-0.2, -0.15) is 4.39 Å². The highest BCUT2D eigenvalue weighted by molar-refractivity contribution is 14.1. The van der Waals surface area contributed by atoms with Gasteiger partial charge in [-0.05, 0) is 40.8 Å². The van der Waals surface area contributed by atoms with Gasteiger partial charge in [-0.15, -0.1) is 0 Å².